The fourth-order valence-electron chi connectivity index (χ4n) is 5.26. The van der Waals surface area contributed by atoms with Crippen LogP contribution in [-0.4, -0.2) is 50.7 Å². The normalized spacial score (nSPS) is 20.8. The Balaban J connectivity index is 1.29. The minimum atomic E-state index is -0.730. The summed E-state index contributed by atoms with van der Waals surface area (Å²) in [5, 5.41) is 17.4. The molecule has 0 bridgehead atoms. The van der Waals surface area contributed by atoms with Crippen LogP contribution < -0.4 is 5.32 Å². The second-order valence-corrected chi connectivity index (χ2v) is 10.9. The van der Waals surface area contributed by atoms with Crippen LogP contribution in [0.1, 0.15) is 59.9 Å². The Labute approximate surface area is 214 Å². The van der Waals surface area contributed by atoms with E-state index in [-0.39, 0.29) is 30.7 Å². The van der Waals surface area contributed by atoms with E-state index in [1.807, 2.05) is 44.5 Å². The monoisotopic (exact) mass is 508 g/mol. The number of hydrogen-bond donors (Lipinski definition) is 2. The zero-order valence-corrected chi connectivity index (χ0v) is 21.7. The molecule has 3 atom stereocenters. The highest BCUT2D eigenvalue weighted by molar-refractivity contribution is 7.13. The van der Waals surface area contributed by atoms with E-state index >= 15 is 0 Å². The molecular weight excluding hydrogens is 476 g/mol. The molecule has 0 unspecified atom stereocenters. The molecule has 2 fully saturated rings. The Bertz CT molecular complexity index is 1260. The van der Waals surface area contributed by atoms with E-state index in [1.165, 1.54) is 0 Å². The van der Waals surface area contributed by atoms with Crippen molar-refractivity contribution in [1.29, 1.82) is 0 Å². The van der Waals surface area contributed by atoms with Gasteiger partial charge in [0.1, 0.15) is 17.7 Å². The van der Waals surface area contributed by atoms with Crippen molar-refractivity contribution in [3.05, 3.63) is 58.1 Å². The van der Waals surface area contributed by atoms with Gasteiger partial charge in [0, 0.05) is 25.6 Å². The van der Waals surface area contributed by atoms with Crippen molar-refractivity contribution in [2.75, 3.05) is 6.54 Å². The third kappa shape index (κ3) is 4.82. The molecule has 2 aromatic heterocycles. The lowest BCUT2D eigenvalue weighted by molar-refractivity contribution is -0.141. The van der Waals surface area contributed by atoms with E-state index in [0.29, 0.717) is 12.3 Å². The van der Waals surface area contributed by atoms with Gasteiger partial charge in [-0.15, -0.1) is 11.3 Å². The molecule has 5 rings (SSSR count). The summed E-state index contributed by atoms with van der Waals surface area (Å²) in [5.41, 5.74) is 6.77. The Morgan fingerprint density at radius 1 is 1.25 bits per heavy atom. The average Bonchev–Trinajstić information content (AvgIpc) is 3.54. The highest BCUT2D eigenvalue weighted by Crippen LogP contribution is 2.41. The van der Waals surface area contributed by atoms with Gasteiger partial charge >= 0.3 is 0 Å². The summed E-state index contributed by atoms with van der Waals surface area (Å²) in [4.78, 5) is 34.0. The molecule has 1 aliphatic heterocycles. The molecular formula is C27H32N4O4S. The van der Waals surface area contributed by atoms with Crippen LogP contribution in [0.2, 0.25) is 0 Å². The quantitative estimate of drug-likeness (QED) is 0.501. The van der Waals surface area contributed by atoms with Gasteiger partial charge in [-0.05, 0) is 56.2 Å². The van der Waals surface area contributed by atoms with Gasteiger partial charge in [-0.25, -0.2) is 4.98 Å². The van der Waals surface area contributed by atoms with Gasteiger partial charge in [-0.1, -0.05) is 29.8 Å². The fraction of sp³-hybridized carbons (Fsp3) is 0.481. The number of aliphatic hydroxyl groups excluding tert-OH is 1. The maximum absolute atomic E-state index is 13.7. The number of nitrogens with one attached hydrogen (secondary N) is 1. The first-order valence-electron chi connectivity index (χ1n) is 12.5. The Morgan fingerprint density at radius 2 is 2.06 bits per heavy atom. The van der Waals surface area contributed by atoms with Gasteiger partial charge in [0.2, 0.25) is 11.8 Å². The minimum absolute atomic E-state index is 0.148. The van der Waals surface area contributed by atoms with Gasteiger partial charge in [0.15, 0.2) is 0 Å². The Morgan fingerprint density at radius 3 is 2.67 bits per heavy atom. The molecule has 1 saturated carbocycles. The number of aliphatic hydroxyl groups is 1. The molecule has 1 aliphatic carbocycles. The minimum Gasteiger partial charge on any atom is -0.391 e. The SMILES string of the molecule is Cc1cc([C@H](C(=O)N2C[C@H](O)C[C@H]2C(=O)NCc2ccc(-c3scnc3C)cc2C)C2CCC2)on1. The van der Waals surface area contributed by atoms with Crippen LogP contribution in [0.15, 0.2) is 34.3 Å². The van der Waals surface area contributed by atoms with Gasteiger partial charge in [-0.2, -0.15) is 0 Å². The number of β-amino-alcohol motifs (C(OH)–C–C–N with tert-alkyl or cyclic N) is 1. The second-order valence-electron chi connectivity index (χ2n) is 10.1. The smallest absolute Gasteiger partial charge is 0.243 e. The third-order valence-electron chi connectivity index (χ3n) is 7.51. The number of likely N-dealkylation sites (tertiary alicyclic amines) is 1. The standard InChI is InChI=1S/C27H32N4O4S/c1-15-9-19(25-17(3)29-14-36-25)7-8-20(15)12-28-26(33)22-11-21(32)13-31(22)27(34)24(18-5-4-6-18)23-10-16(2)30-35-23/h7-10,14,18,21-22,24,32H,4-6,11-13H2,1-3H3,(H,28,33)/t21-,22+,24-/m1/s1. The summed E-state index contributed by atoms with van der Waals surface area (Å²) in [6.45, 7) is 6.36. The molecule has 1 aromatic carbocycles. The van der Waals surface area contributed by atoms with Gasteiger partial charge in [-0.3, -0.25) is 9.59 Å². The molecule has 36 heavy (non-hydrogen) atoms. The van der Waals surface area contributed by atoms with E-state index in [9.17, 15) is 14.7 Å². The van der Waals surface area contributed by atoms with Gasteiger partial charge in [0.25, 0.3) is 0 Å². The molecule has 0 spiro atoms. The van der Waals surface area contributed by atoms with Crippen molar-refractivity contribution < 1.29 is 19.2 Å². The molecule has 9 heteroatoms. The molecule has 0 radical (unpaired) electrons. The Hall–Kier alpha value is -3.04. The van der Waals surface area contributed by atoms with Crippen molar-refractivity contribution in [2.45, 2.75) is 71.1 Å². The number of aromatic nitrogens is 2. The number of amides is 2. The van der Waals surface area contributed by atoms with E-state index in [0.717, 1.165) is 52.2 Å². The number of thiazole rings is 1. The lowest BCUT2D eigenvalue weighted by Crippen LogP contribution is -2.48. The first-order chi connectivity index (χ1) is 17.3. The predicted molar refractivity (Wildman–Crippen MR) is 136 cm³/mol. The average molecular weight is 509 g/mol. The predicted octanol–water partition coefficient (Wildman–Crippen LogP) is 3.89. The van der Waals surface area contributed by atoms with E-state index < -0.39 is 18.1 Å². The first-order valence-corrected chi connectivity index (χ1v) is 13.4. The molecule has 2 amide bonds. The number of carbonyl (C=O) groups excluding carboxylic acids is 2. The van der Waals surface area contributed by atoms with Crippen LogP contribution in [0.3, 0.4) is 0 Å². The first kappa shape index (κ1) is 24.6. The van der Waals surface area contributed by atoms with Gasteiger partial charge in [0.05, 0.1) is 27.9 Å². The zero-order chi connectivity index (χ0) is 25.4. The number of carbonyl (C=O) groups is 2. The van der Waals surface area contributed by atoms with Crippen LogP contribution in [0.25, 0.3) is 10.4 Å². The summed E-state index contributed by atoms with van der Waals surface area (Å²) in [5.74, 6) is -0.148. The molecule has 1 saturated heterocycles. The molecule has 8 nitrogen and oxygen atoms in total. The van der Waals surface area contributed by atoms with Crippen LogP contribution >= 0.6 is 11.3 Å². The van der Waals surface area contributed by atoms with E-state index in [1.54, 1.807) is 16.2 Å². The molecule has 2 aliphatic rings. The summed E-state index contributed by atoms with van der Waals surface area (Å²) >= 11 is 1.61. The number of benzene rings is 1. The van der Waals surface area contributed by atoms with Crippen LogP contribution in [0.5, 0.6) is 0 Å². The molecule has 3 heterocycles. The van der Waals surface area contributed by atoms with Gasteiger partial charge < -0.3 is 19.8 Å². The van der Waals surface area contributed by atoms with E-state index in [4.69, 9.17) is 4.52 Å². The highest BCUT2D eigenvalue weighted by Gasteiger charge is 2.45. The lowest BCUT2D eigenvalue weighted by atomic mass is 9.74. The van der Waals surface area contributed by atoms with Crippen molar-refractivity contribution in [1.82, 2.24) is 20.4 Å². The lowest BCUT2D eigenvalue weighted by Gasteiger charge is -2.35. The Kier molecular flexibility index (Phi) is 6.94. The summed E-state index contributed by atoms with van der Waals surface area (Å²) < 4.78 is 5.49. The summed E-state index contributed by atoms with van der Waals surface area (Å²) in [6.07, 6.45) is 2.47. The fourth-order valence-corrected chi connectivity index (χ4v) is 6.06. The summed E-state index contributed by atoms with van der Waals surface area (Å²) in [6, 6.07) is 7.28. The van der Waals surface area contributed by atoms with Crippen LogP contribution in [0.4, 0.5) is 0 Å². The molecule has 2 N–H and O–H groups in total. The second kappa shape index (κ2) is 10.1. The number of aryl methyl sites for hydroxylation is 3. The number of hydrogen-bond acceptors (Lipinski definition) is 7. The zero-order valence-electron chi connectivity index (χ0n) is 20.9. The van der Waals surface area contributed by atoms with Crippen molar-refractivity contribution in [3.8, 4) is 10.4 Å². The van der Waals surface area contributed by atoms with Crippen molar-refractivity contribution in [2.24, 2.45) is 5.92 Å². The molecule has 3 aromatic rings. The number of rotatable bonds is 7. The highest BCUT2D eigenvalue weighted by atomic mass is 32.1. The molecule has 190 valence electrons. The van der Waals surface area contributed by atoms with E-state index in [2.05, 4.69) is 21.5 Å². The topological polar surface area (TPSA) is 109 Å². The van der Waals surface area contributed by atoms with Crippen LogP contribution in [0, 0.1) is 26.7 Å². The van der Waals surface area contributed by atoms with Crippen LogP contribution in [-0.2, 0) is 16.1 Å². The maximum atomic E-state index is 13.7. The van der Waals surface area contributed by atoms with Crippen molar-refractivity contribution >= 4 is 23.2 Å². The van der Waals surface area contributed by atoms with Crippen molar-refractivity contribution in [3.63, 3.8) is 0 Å². The summed E-state index contributed by atoms with van der Waals surface area (Å²) in [7, 11) is 0. The maximum Gasteiger partial charge on any atom is 0.243 e. The third-order valence-corrected chi connectivity index (χ3v) is 8.49. The number of nitrogens with zero attached hydrogens (tertiary/aromatic N) is 3. The largest absolute Gasteiger partial charge is 0.391 e.